The fraction of sp³-hybridized carbons (Fsp3) is 0.167. The smallest absolute Gasteiger partial charge is 0.164 e. The van der Waals surface area contributed by atoms with Crippen molar-refractivity contribution in [3.63, 3.8) is 0 Å². The van der Waals surface area contributed by atoms with Gasteiger partial charge in [0.2, 0.25) is 0 Å². The molecule has 1 atom stereocenters. The molecule has 0 fully saturated rings. The molecule has 0 saturated heterocycles. The number of aromatic nitrogens is 2. The van der Waals surface area contributed by atoms with Gasteiger partial charge in [0, 0.05) is 30.8 Å². The van der Waals surface area contributed by atoms with E-state index < -0.39 is 11.0 Å². The zero-order valence-electron chi connectivity index (χ0n) is 9.96. The number of nitrogens with two attached hydrogens (primary N) is 1. The van der Waals surface area contributed by atoms with Gasteiger partial charge in [0.1, 0.15) is 16.7 Å². The molecule has 0 aliphatic carbocycles. The fourth-order valence-corrected chi connectivity index (χ4v) is 1.98. The summed E-state index contributed by atoms with van der Waals surface area (Å²) in [5, 5.41) is 0. The molecular formula is C12H14N4OS. The van der Waals surface area contributed by atoms with Gasteiger partial charge in [-0.2, -0.15) is 0 Å². The molecule has 5 nitrogen and oxygen atoms in total. The molecule has 94 valence electrons. The number of nitrogens with one attached hydrogen (secondary N) is 1. The third-order valence-electron chi connectivity index (χ3n) is 2.40. The Labute approximate surface area is 108 Å². The SMILES string of the molecule is CS(=O)Nc1nccnc1-c1ccc(CN)cc1. The molecule has 1 aromatic carbocycles. The summed E-state index contributed by atoms with van der Waals surface area (Å²) in [5.74, 6) is 0.513. The van der Waals surface area contributed by atoms with E-state index in [1.165, 1.54) is 0 Å². The summed E-state index contributed by atoms with van der Waals surface area (Å²) in [6, 6.07) is 7.74. The van der Waals surface area contributed by atoms with Gasteiger partial charge in [-0.25, -0.2) is 9.19 Å². The molecular weight excluding hydrogens is 248 g/mol. The molecule has 3 N–H and O–H groups in total. The van der Waals surface area contributed by atoms with Crippen LogP contribution in [0, 0.1) is 0 Å². The summed E-state index contributed by atoms with van der Waals surface area (Å²) in [6.45, 7) is 0.505. The number of benzene rings is 1. The molecule has 0 aliphatic rings. The highest BCUT2D eigenvalue weighted by Crippen LogP contribution is 2.23. The number of rotatable bonds is 4. The lowest BCUT2D eigenvalue weighted by molar-refractivity contribution is 0.689. The van der Waals surface area contributed by atoms with Gasteiger partial charge in [0.15, 0.2) is 5.82 Å². The van der Waals surface area contributed by atoms with Crippen LogP contribution in [0.25, 0.3) is 11.3 Å². The van der Waals surface area contributed by atoms with Crippen LogP contribution in [0.2, 0.25) is 0 Å². The third kappa shape index (κ3) is 2.91. The van der Waals surface area contributed by atoms with Crippen LogP contribution in [-0.4, -0.2) is 20.4 Å². The van der Waals surface area contributed by atoms with Crippen LogP contribution in [0.3, 0.4) is 0 Å². The fourth-order valence-electron chi connectivity index (χ4n) is 1.56. The van der Waals surface area contributed by atoms with E-state index in [2.05, 4.69) is 14.7 Å². The van der Waals surface area contributed by atoms with Gasteiger partial charge in [-0.3, -0.25) is 9.71 Å². The minimum atomic E-state index is -1.18. The first kappa shape index (κ1) is 12.7. The number of hydrogen-bond donors (Lipinski definition) is 2. The minimum absolute atomic E-state index is 0.505. The van der Waals surface area contributed by atoms with E-state index in [1.54, 1.807) is 18.6 Å². The van der Waals surface area contributed by atoms with Gasteiger partial charge in [-0.1, -0.05) is 24.3 Å². The van der Waals surface area contributed by atoms with Gasteiger partial charge in [-0.05, 0) is 5.56 Å². The first-order valence-corrected chi connectivity index (χ1v) is 6.97. The van der Waals surface area contributed by atoms with Gasteiger partial charge in [0.05, 0.1) is 0 Å². The van der Waals surface area contributed by atoms with Crippen molar-refractivity contribution in [2.75, 3.05) is 11.0 Å². The van der Waals surface area contributed by atoms with Crippen LogP contribution in [0.15, 0.2) is 36.7 Å². The lowest BCUT2D eigenvalue weighted by atomic mass is 10.1. The zero-order valence-corrected chi connectivity index (χ0v) is 10.8. The number of hydrogen-bond acceptors (Lipinski definition) is 4. The van der Waals surface area contributed by atoms with E-state index >= 15 is 0 Å². The lowest BCUT2D eigenvalue weighted by Gasteiger charge is -2.08. The topological polar surface area (TPSA) is 80.9 Å². The van der Waals surface area contributed by atoms with Crippen molar-refractivity contribution in [3.05, 3.63) is 42.2 Å². The van der Waals surface area contributed by atoms with Gasteiger partial charge < -0.3 is 5.73 Å². The predicted molar refractivity (Wildman–Crippen MR) is 73.0 cm³/mol. The molecule has 6 heteroatoms. The van der Waals surface area contributed by atoms with Crippen LogP contribution < -0.4 is 10.5 Å². The standard InChI is InChI=1S/C12H14N4OS/c1-18(17)16-12-11(14-6-7-15-12)10-4-2-9(8-13)3-5-10/h2-7H,8,13H2,1H3,(H,15,16). The quantitative estimate of drug-likeness (QED) is 0.870. The Hall–Kier alpha value is -1.79. The molecule has 0 saturated carbocycles. The molecule has 1 heterocycles. The first-order chi connectivity index (χ1) is 8.70. The maximum absolute atomic E-state index is 11.2. The van der Waals surface area contributed by atoms with Crippen molar-refractivity contribution in [3.8, 4) is 11.3 Å². The highest BCUT2D eigenvalue weighted by Gasteiger charge is 2.08. The second-order valence-electron chi connectivity index (χ2n) is 3.71. The van der Waals surface area contributed by atoms with Crippen molar-refractivity contribution in [1.29, 1.82) is 0 Å². The Bertz CT molecular complexity index is 556. The van der Waals surface area contributed by atoms with E-state index in [0.29, 0.717) is 18.1 Å². The highest BCUT2D eigenvalue weighted by atomic mass is 32.2. The van der Waals surface area contributed by atoms with Crippen molar-refractivity contribution < 1.29 is 4.21 Å². The molecule has 0 radical (unpaired) electrons. The van der Waals surface area contributed by atoms with Crippen LogP contribution in [0.4, 0.5) is 5.82 Å². The maximum atomic E-state index is 11.2. The average molecular weight is 262 g/mol. The Morgan fingerprint density at radius 2 is 1.89 bits per heavy atom. The summed E-state index contributed by atoms with van der Waals surface area (Å²) >= 11 is 0. The molecule has 0 aliphatic heterocycles. The van der Waals surface area contributed by atoms with Crippen LogP contribution in [0.5, 0.6) is 0 Å². The summed E-state index contributed by atoms with van der Waals surface area (Å²) in [4.78, 5) is 8.41. The van der Waals surface area contributed by atoms with Crippen LogP contribution in [-0.2, 0) is 17.5 Å². The summed E-state index contributed by atoms with van der Waals surface area (Å²) in [5.41, 5.74) is 8.19. The van der Waals surface area contributed by atoms with E-state index in [1.807, 2.05) is 24.3 Å². The molecule has 0 amide bonds. The molecule has 2 aromatic rings. The Balaban J connectivity index is 2.39. The first-order valence-electron chi connectivity index (χ1n) is 5.41. The second kappa shape index (κ2) is 5.70. The molecule has 0 spiro atoms. The van der Waals surface area contributed by atoms with E-state index in [0.717, 1.165) is 11.1 Å². The lowest BCUT2D eigenvalue weighted by Crippen LogP contribution is -2.05. The molecule has 1 aromatic heterocycles. The van der Waals surface area contributed by atoms with Crippen LogP contribution >= 0.6 is 0 Å². The van der Waals surface area contributed by atoms with E-state index in [9.17, 15) is 4.21 Å². The van der Waals surface area contributed by atoms with E-state index in [4.69, 9.17) is 5.73 Å². The normalized spacial score (nSPS) is 12.1. The summed E-state index contributed by atoms with van der Waals surface area (Å²) in [6.07, 6.45) is 4.72. The molecule has 1 unspecified atom stereocenters. The third-order valence-corrected chi connectivity index (χ3v) is 2.88. The number of anilines is 1. The average Bonchev–Trinajstić information content (AvgIpc) is 2.39. The van der Waals surface area contributed by atoms with Crippen LogP contribution in [0.1, 0.15) is 5.56 Å². The highest BCUT2D eigenvalue weighted by molar-refractivity contribution is 7.85. The summed E-state index contributed by atoms with van der Waals surface area (Å²) in [7, 11) is -1.18. The maximum Gasteiger partial charge on any atom is 0.164 e. The van der Waals surface area contributed by atoms with Crippen molar-refractivity contribution in [1.82, 2.24) is 9.97 Å². The summed E-state index contributed by atoms with van der Waals surface area (Å²) < 4.78 is 14.0. The van der Waals surface area contributed by atoms with Crippen molar-refractivity contribution in [2.24, 2.45) is 5.73 Å². The largest absolute Gasteiger partial charge is 0.326 e. The van der Waals surface area contributed by atoms with Crippen molar-refractivity contribution in [2.45, 2.75) is 6.54 Å². The van der Waals surface area contributed by atoms with Crippen molar-refractivity contribution >= 4 is 16.8 Å². The molecule has 0 bridgehead atoms. The van der Waals surface area contributed by atoms with E-state index in [-0.39, 0.29) is 0 Å². The minimum Gasteiger partial charge on any atom is -0.326 e. The Morgan fingerprint density at radius 1 is 1.22 bits per heavy atom. The molecule has 18 heavy (non-hydrogen) atoms. The van der Waals surface area contributed by atoms with Gasteiger partial charge in [0.25, 0.3) is 0 Å². The van der Waals surface area contributed by atoms with Gasteiger partial charge >= 0.3 is 0 Å². The van der Waals surface area contributed by atoms with Gasteiger partial charge in [-0.15, -0.1) is 0 Å². The zero-order chi connectivity index (χ0) is 13.0. The predicted octanol–water partition coefficient (Wildman–Crippen LogP) is 1.31. The second-order valence-corrected chi connectivity index (χ2v) is 4.82. The number of nitrogens with zero attached hydrogens (tertiary/aromatic N) is 2. The Kier molecular flexibility index (Phi) is 4.01. The Morgan fingerprint density at radius 3 is 2.50 bits per heavy atom. The monoisotopic (exact) mass is 262 g/mol. The molecule has 2 rings (SSSR count).